The van der Waals surface area contributed by atoms with Crippen LogP contribution in [0.3, 0.4) is 0 Å². The number of hydrogen-bond acceptors (Lipinski definition) is 0. The van der Waals surface area contributed by atoms with Gasteiger partial charge < -0.3 is 0 Å². The maximum Gasteiger partial charge on any atom is 0.120 e. The van der Waals surface area contributed by atoms with Crippen molar-refractivity contribution in [3.8, 4) is 0 Å². The van der Waals surface area contributed by atoms with Crippen molar-refractivity contribution in [2.75, 3.05) is 0 Å². The fourth-order valence-corrected chi connectivity index (χ4v) is 1.60. The number of unbranched alkanes of at least 4 members (excludes halogenated alkanes) is 1. The van der Waals surface area contributed by atoms with Gasteiger partial charge in [0.25, 0.3) is 0 Å². The minimum Gasteiger partial charge on any atom is -0.0713 e. The summed E-state index contributed by atoms with van der Waals surface area (Å²) in [7, 11) is 2.52. The van der Waals surface area contributed by atoms with Gasteiger partial charge in [-0.1, -0.05) is 71.4 Å². The summed E-state index contributed by atoms with van der Waals surface area (Å²) in [4.78, 5) is 0. The largest absolute Gasteiger partial charge is 0.120 e. The van der Waals surface area contributed by atoms with Crippen LogP contribution in [0.2, 0.25) is 11.1 Å². The van der Waals surface area contributed by atoms with E-state index in [9.17, 15) is 0 Å². The molecule has 0 heterocycles. The Hall–Kier alpha value is 0.0649. The molecule has 1 atom stereocenters. The van der Waals surface area contributed by atoms with Crippen LogP contribution in [0.15, 0.2) is 0 Å². The molecule has 0 spiro atoms. The lowest BCUT2D eigenvalue weighted by molar-refractivity contribution is 0.556. The molecule has 71 valence electrons. The first kappa shape index (κ1) is 12.1. The molecule has 0 aliphatic rings. The van der Waals surface area contributed by atoms with Crippen molar-refractivity contribution in [2.45, 2.75) is 71.4 Å². The van der Waals surface area contributed by atoms with Gasteiger partial charge in [-0.15, -0.1) is 0 Å². The number of hydrogen-bond donors (Lipinski definition) is 0. The van der Waals surface area contributed by atoms with Crippen molar-refractivity contribution >= 4 is 7.28 Å². The monoisotopic (exact) mass is 167 g/mol. The molecule has 12 heavy (non-hydrogen) atoms. The zero-order valence-electron chi connectivity index (χ0n) is 9.48. The summed E-state index contributed by atoms with van der Waals surface area (Å²) < 4.78 is 0. The fraction of sp³-hybridized carbons (Fsp3) is 1.00. The van der Waals surface area contributed by atoms with Crippen molar-refractivity contribution < 1.29 is 0 Å². The SMILES string of the molecule is CCCCC(C)(C)[B]C(C)CC. The predicted octanol–water partition coefficient (Wildman–Crippen LogP) is 4.30. The number of rotatable bonds is 6. The van der Waals surface area contributed by atoms with Crippen molar-refractivity contribution in [3.63, 3.8) is 0 Å². The molecule has 1 heteroatoms. The lowest BCUT2D eigenvalue weighted by Crippen LogP contribution is -2.16. The standard InChI is InChI=1S/C11H24B/c1-6-8-9-11(4,5)12-10(3)7-2/h10H,6-9H2,1-5H3. The second kappa shape index (κ2) is 5.67. The molecule has 0 nitrogen and oxygen atoms in total. The molecule has 0 fully saturated rings. The van der Waals surface area contributed by atoms with Crippen LogP contribution in [-0.2, 0) is 0 Å². The van der Waals surface area contributed by atoms with Crippen LogP contribution in [0.25, 0.3) is 0 Å². The Morgan fingerprint density at radius 2 is 1.83 bits per heavy atom. The van der Waals surface area contributed by atoms with Gasteiger partial charge in [0.1, 0.15) is 7.28 Å². The Balaban J connectivity index is 3.69. The lowest BCUT2D eigenvalue weighted by atomic mass is 9.45. The molecule has 0 amide bonds. The van der Waals surface area contributed by atoms with Gasteiger partial charge in [0.2, 0.25) is 0 Å². The van der Waals surface area contributed by atoms with E-state index in [1.807, 2.05) is 0 Å². The Labute approximate surface area is 79.4 Å². The Morgan fingerprint density at radius 1 is 1.25 bits per heavy atom. The van der Waals surface area contributed by atoms with Crippen LogP contribution in [0.5, 0.6) is 0 Å². The first-order valence-electron chi connectivity index (χ1n) is 5.38. The molecule has 0 aromatic carbocycles. The Bertz CT molecular complexity index is 108. The minimum absolute atomic E-state index is 0.450. The van der Waals surface area contributed by atoms with Gasteiger partial charge in [-0.3, -0.25) is 0 Å². The average molecular weight is 167 g/mol. The maximum absolute atomic E-state index is 2.52. The summed E-state index contributed by atoms with van der Waals surface area (Å²) in [6, 6.07) is 0. The smallest absolute Gasteiger partial charge is 0.0713 e. The molecule has 0 N–H and O–H groups in total. The lowest BCUT2D eigenvalue weighted by Gasteiger charge is -2.26. The maximum atomic E-state index is 2.52. The molecule has 0 aromatic heterocycles. The molecule has 0 aromatic rings. The van der Waals surface area contributed by atoms with E-state index in [1.54, 1.807) is 0 Å². The van der Waals surface area contributed by atoms with Crippen LogP contribution >= 0.6 is 0 Å². The van der Waals surface area contributed by atoms with Crippen LogP contribution in [0.4, 0.5) is 0 Å². The van der Waals surface area contributed by atoms with Gasteiger partial charge in [0.05, 0.1) is 0 Å². The Kier molecular flexibility index (Phi) is 5.70. The molecule has 1 radical (unpaired) electrons. The zero-order chi connectivity index (χ0) is 9.61. The zero-order valence-corrected chi connectivity index (χ0v) is 9.48. The van der Waals surface area contributed by atoms with Crippen molar-refractivity contribution in [2.24, 2.45) is 0 Å². The first-order chi connectivity index (χ1) is 5.52. The van der Waals surface area contributed by atoms with Gasteiger partial charge in [-0.05, 0) is 0 Å². The van der Waals surface area contributed by atoms with E-state index in [0.29, 0.717) is 5.31 Å². The van der Waals surface area contributed by atoms with E-state index in [2.05, 4.69) is 41.9 Å². The van der Waals surface area contributed by atoms with Gasteiger partial charge >= 0.3 is 0 Å². The molecule has 0 bridgehead atoms. The van der Waals surface area contributed by atoms with E-state index in [1.165, 1.54) is 25.7 Å². The van der Waals surface area contributed by atoms with Crippen molar-refractivity contribution in [1.82, 2.24) is 0 Å². The molecule has 0 saturated heterocycles. The third kappa shape index (κ3) is 5.68. The molecule has 0 aliphatic heterocycles. The van der Waals surface area contributed by atoms with Crippen LogP contribution in [0, 0.1) is 0 Å². The van der Waals surface area contributed by atoms with Crippen molar-refractivity contribution in [1.29, 1.82) is 0 Å². The molecule has 0 rings (SSSR count). The summed E-state index contributed by atoms with van der Waals surface area (Å²) in [6.07, 6.45) is 5.29. The van der Waals surface area contributed by atoms with Crippen LogP contribution in [0.1, 0.15) is 60.3 Å². The third-order valence-electron chi connectivity index (χ3n) is 2.55. The topological polar surface area (TPSA) is 0 Å². The summed E-state index contributed by atoms with van der Waals surface area (Å²) in [6.45, 7) is 11.5. The highest BCUT2D eigenvalue weighted by atomic mass is 14.1. The van der Waals surface area contributed by atoms with E-state index in [-0.39, 0.29) is 0 Å². The molecular weight excluding hydrogens is 143 g/mol. The van der Waals surface area contributed by atoms with Gasteiger partial charge in [-0.25, -0.2) is 0 Å². The average Bonchev–Trinajstić information content (AvgIpc) is 2.00. The second-order valence-electron chi connectivity index (χ2n) is 4.64. The van der Waals surface area contributed by atoms with E-state index < -0.39 is 0 Å². The summed E-state index contributed by atoms with van der Waals surface area (Å²) >= 11 is 0. The fourth-order valence-electron chi connectivity index (χ4n) is 1.60. The summed E-state index contributed by atoms with van der Waals surface area (Å²) in [5.74, 6) is 0.775. The van der Waals surface area contributed by atoms with E-state index >= 15 is 0 Å². The first-order valence-corrected chi connectivity index (χ1v) is 5.38. The Morgan fingerprint density at radius 3 is 2.25 bits per heavy atom. The summed E-state index contributed by atoms with van der Waals surface area (Å²) in [5.41, 5.74) is 0. The molecule has 1 unspecified atom stereocenters. The van der Waals surface area contributed by atoms with E-state index in [4.69, 9.17) is 0 Å². The minimum atomic E-state index is 0.450. The second-order valence-corrected chi connectivity index (χ2v) is 4.64. The highest BCUT2D eigenvalue weighted by Crippen LogP contribution is 2.34. The van der Waals surface area contributed by atoms with Gasteiger partial charge in [0, 0.05) is 0 Å². The van der Waals surface area contributed by atoms with E-state index in [0.717, 1.165) is 5.82 Å². The molecule has 0 saturated carbocycles. The van der Waals surface area contributed by atoms with Crippen molar-refractivity contribution in [3.05, 3.63) is 0 Å². The summed E-state index contributed by atoms with van der Waals surface area (Å²) in [5, 5.41) is 0.450. The molecule has 0 aliphatic carbocycles. The third-order valence-corrected chi connectivity index (χ3v) is 2.55. The highest BCUT2D eigenvalue weighted by Gasteiger charge is 2.20. The van der Waals surface area contributed by atoms with Crippen LogP contribution in [-0.4, -0.2) is 7.28 Å². The molecular formula is C11H24B. The normalized spacial score (nSPS) is 14.4. The predicted molar refractivity (Wildman–Crippen MR) is 59.0 cm³/mol. The van der Waals surface area contributed by atoms with Crippen LogP contribution < -0.4 is 0 Å². The highest BCUT2D eigenvalue weighted by molar-refractivity contribution is 6.41. The van der Waals surface area contributed by atoms with Gasteiger partial charge in [0.15, 0.2) is 0 Å². The quantitative estimate of drug-likeness (QED) is 0.517. The van der Waals surface area contributed by atoms with Gasteiger partial charge in [-0.2, -0.15) is 0 Å².